The zero-order chi connectivity index (χ0) is 22.5. The van der Waals surface area contributed by atoms with E-state index in [-0.39, 0.29) is 18.4 Å². The number of methoxy groups -OCH3 is 1. The van der Waals surface area contributed by atoms with Gasteiger partial charge in [-0.1, -0.05) is 6.07 Å². The van der Waals surface area contributed by atoms with Gasteiger partial charge in [0.15, 0.2) is 11.6 Å². The molecular weight excluding hydrogens is 494 g/mol. The maximum atomic E-state index is 13.4. The summed E-state index contributed by atoms with van der Waals surface area (Å²) in [5, 5.41) is 2.69. The Hall–Kier alpha value is -2.85. The van der Waals surface area contributed by atoms with Gasteiger partial charge in [0.2, 0.25) is 0 Å². The van der Waals surface area contributed by atoms with Gasteiger partial charge in [-0.2, -0.15) is 0 Å². The molecule has 2 N–H and O–H groups in total. The van der Waals surface area contributed by atoms with Gasteiger partial charge in [0.1, 0.15) is 5.56 Å². The summed E-state index contributed by atoms with van der Waals surface area (Å²) < 4.78 is 32.0. The van der Waals surface area contributed by atoms with Gasteiger partial charge >= 0.3 is 5.97 Å². The summed E-state index contributed by atoms with van der Waals surface area (Å²) >= 11 is 4.69. The van der Waals surface area contributed by atoms with E-state index in [0.717, 1.165) is 20.8 Å². The molecule has 3 rings (SSSR count). The Morgan fingerprint density at radius 3 is 2.55 bits per heavy atom. The first-order chi connectivity index (χ1) is 14.8. The van der Waals surface area contributed by atoms with E-state index >= 15 is 0 Å². The van der Waals surface area contributed by atoms with Crippen molar-refractivity contribution in [2.45, 2.75) is 18.9 Å². The second kappa shape index (κ2) is 9.97. The first-order valence-corrected chi connectivity index (χ1v) is 10.7. The quantitative estimate of drug-likeness (QED) is 0.468. The molecule has 0 fully saturated rings. The van der Waals surface area contributed by atoms with Gasteiger partial charge in [0.25, 0.3) is 11.5 Å². The number of H-pyrrole nitrogens is 1. The molecule has 162 valence electrons. The Balaban J connectivity index is 1.77. The van der Waals surface area contributed by atoms with E-state index in [4.69, 9.17) is 4.74 Å². The van der Waals surface area contributed by atoms with Crippen LogP contribution >= 0.6 is 27.3 Å². The number of aromatic amines is 1. The van der Waals surface area contributed by atoms with Crippen molar-refractivity contribution in [2.75, 3.05) is 7.11 Å². The predicted octanol–water partition coefficient (Wildman–Crippen LogP) is 4.10. The number of carbonyl (C=O) groups is 2. The summed E-state index contributed by atoms with van der Waals surface area (Å²) in [6.07, 6.45) is 0.0594. The highest BCUT2D eigenvalue weighted by atomic mass is 79.9. The Kier molecular flexibility index (Phi) is 7.34. The second-order valence-electron chi connectivity index (χ2n) is 6.60. The molecule has 2 aromatic heterocycles. The Bertz CT molecular complexity index is 1180. The molecule has 0 aliphatic rings. The topological polar surface area (TPSA) is 88.3 Å². The van der Waals surface area contributed by atoms with Crippen LogP contribution in [0.1, 0.15) is 39.0 Å². The molecule has 0 spiro atoms. The molecule has 0 saturated carbocycles. The number of ether oxygens (including phenoxy) is 1. The number of halogens is 3. The summed E-state index contributed by atoms with van der Waals surface area (Å²) in [7, 11) is 1.25. The van der Waals surface area contributed by atoms with Gasteiger partial charge in [-0.15, -0.1) is 11.3 Å². The monoisotopic (exact) mass is 510 g/mol. The highest BCUT2D eigenvalue weighted by Crippen LogP contribution is 2.29. The number of hydrogen-bond acceptors (Lipinski definition) is 5. The number of amides is 1. The molecule has 6 nitrogen and oxygen atoms in total. The van der Waals surface area contributed by atoms with Crippen LogP contribution in [0, 0.1) is 11.6 Å². The number of nitrogens with one attached hydrogen (secondary N) is 2. The highest BCUT2D eigenvalue weighted by Gasteiger charge is 2.22. The molecule has 0 bridgehead atoms. The van der Waals surface area contributed by atoms with Gasteiger partial charge in [0.05, 0.1) is 23.4 Å². The number of pyridine rings is 1. The molecular formula is C21H17BrF2N2O4S. The fourth-order valence-electron chi connectivity index (χ4n) is 2.89. The van der Waals surface area contributed by atoms with Crippen LogP contribution in [0.3, 0.4) is 0 Å². The van der Waals surface area contributed by atoms with E-state index in [1.165, 1.54) is 36.6 Å². The van der Waals surface area contributed by atoms with Gasteiger partial charge in [0, 0.05) is 17.0 Å². The number of benzene rings is 1. The Morgan fingerprint density at radius 1 is 1.16 bits per heavy atom. The van der Waals surface area contributed by atoms with E-state index in [0.29, 0.717) is 11.3 Å². The standard InChI is InChI=1S/C21H17BrF2N2O4S/c1-30-19(27)10-16(17-6-7-18(22)31-17)26-21(29)13-4-3-12(25-20(13)28)8-11-2-5-14(23)15(24)9-11/h2-7,9,16H,8,10H2,1H3,(H,25,28)(H,26,29)/t16-/m1/s1. The smallest absolute Gasteiger partial charge is 0.307 e. The van der Waals surface area contributed by atoms with Crippen LogP contribution in [0.5, 0.6) is 0 Å². The fraction of sp³-hybridized carbons (Fsp3) is 0.190. The summed E-state index contributed by atoms with van der Waals surface area (Å²) in [5.41, 5.74) is 0.121. The molecule has 1 atom stereocenters. The van der Waals surface area contributed by atoms with Crippen molar-refractivity contribution in [2.24, 2.45) is 0 Å². The van der Waals surface area contributed by atoms with Crippen LogP contribution in [0.25, 0.3) is 0 Å². The molecule has 0 aliphatic heterocycles. The zero-order valence-electron chi connectivity index (χ0n) is 16.2. The van der Waals surface area contributed by atoms with Crippen LogP contribution in [0.15, 0.2) is 51.0 Å². The molecule has 1 aromatic carbocycles. The van der Waals surface area contributed by atoms with E-state index in [1.54, 1.807) is 12.1 Å². The van der Waals surface area contributed by atoms with E-state index in [1.807, 2.05) is 0 Å². The largest absolute Gasteiger partial charge is 0.469 e. The SMILES string of the molecule is COC(=O)C[C@@H](NC(=O)c1ccc(Cc2ccc(F)c(F)c2)[nH]c1=O)c1ccc(Br)s1. The third kappa shape index (κ3) is 5.86. The van der Waals surface area contributed by atoms with Gasteiger partial charge in [-0.05, 0) is 57.9 Å². The van der Waals surface area contributed by atoms with Crippen molar-refractivity contribution >= 4 is 39.1 Å². The summed E-state index contributed by atoms with van der Waals surface area (Å²) in [4.78, 5) is 40.2. The Labute approximate surface area is 188 Å². The number of rotatable bonds is 7. The minimum atomic E-state index is -0.979. The molecule has 10 heteroatoms. The van der Waals surface area contributed by atoms with Crippen molar-refractivity contribution in [3.63, 3.8) is 0 Å². The summed E-state index contributed by atoms with van der Waals surface area (Å²) in [6.45, 7) is 0. The van der Waals surface area contributed by atoms with Gasteiger partial charge in [-0.25, -0.2) is 8.78 Å². The third-order valence-corrected chi connectivity index (χ3v) is 6.17. The fourth-order valence-corrected chi connectivity index (χ4v) is 4.36. The lowest BCUT2D eigenvalue weighted by atomic mass is 10.1. The number of aromatic nitrogens is 1. The highest BCUT2D eigenvalue weighted by molar-refractivity contribution is 9.11. The lowest BCUT2D eigenvalue weighted by Crippen LogP contribution is -2.34. The Morgan fingerprint density at radius 2 is 1.94 bits per heavy atom. The summed E-state index contributed by atoms with van der Waals surface area (Å²) in [5.74, 6) is -3.10. The molecule has 3 aromatic rings. The van der Waals surface area contributed by atoms with Crippen molar-refractivity contribution in [3.05, 3.63) is 89.9 Å². The van der Waals surface area contributed by atoms with Crippen molar-refractivity contribution in [1.82, 2.24) is 10.3 Å². The number of thiophene rings is 1. The van der Waals surface area contributed by atoms with Crippen molar-refractivity contribution in [1.29, 1.82) is 0 Å². The normalized spacial score (nSPS) is 11.7. The maximum absolute atomic E-state index is 13.4. The van der Waals surface area contributed by atoms with Crippen LogP contribution in [-0.4, -0.2) is 24.0 Å². The lowest BCUT2D eigenvalue weighted by Gasteiger charge is -2.16. The van der Waals surface area contributed by atoms with E-state index in [2.05, 4.69) is 26.2 Å². The maximum Gasteiger partial charge on any atom is 0.307 e. The number of carbonyl (C=O) groups excluding carboxylic acids is 2. The number of esters is 1. The van der Waals surface area contributed by atoms with Gasteiger partial charge < -0.3 is 15.0 Å². The average molecular weight is 511 g/mol. The van der Waals surface area contributed by atoms with E-state index in [9.17, 15) is 23.2 Å². The van der Waals surface area contributed by atoms with Crippen LogP contribution in [0.4, 0.5) is 8.78 Å². The molecule has 2 heterocycles. The molecule has 0 saturated heterocycles. The number of hydrogen-bond donors (Lipinski definition) is 2. The molecule has 0 unspecified atom stereocenters. The molecule has 0 radical (unpaired) electrons. The van der Waals surface area contributed by atoms with Crippen molar-refractivity contribution < 1.29 is 23.1 Å². The second-order valence-corrected chi connectivity index (χ2v) is 9.09. The van der Waals surface area contributed by atoms with Gasteiger partial charge in [-0.3, -0.25) is 14.4 Å². The van der Waals surface area contributed by atoms with Crippen LogP contribution in [-0.2, 0) is 16.0 Å². The predicted molar refractivity (Wildman–Crippen MR) is 115 cm³/mol. The first kappa shape index (κ1) is 22.8. The third-order valence-electron chi connectivity index (χ3n) is 4.43. The minimum Gasteiger partial charge on any atom is -0.469 e. The molecule has 31 heavy (non-hydrogen) atoms. The van der Waals surface area contributed by atoms with Crippen LogP contribution < -0.4 is 10.9 Å². The van der Waals surface area contributed by atoms with E-state index < -0.39 is 35.1 Å². The zero-order valence-corrected chi connectivity index (χ0v) is 18.6. The lowest BCUT2D eigenvalue weighted by molar-refractivity contribution is -0.141. The summed E-state index contributed by atoms with van der Waals surface area (Å²) in [6, 6.07) is 9.22. The van der Waals surface area contributed by atoms with Crippen molar-refractivity contribution in [3.8, 4) is 0 Å². The average Bonchev–Trinajstić information content (AvgIpc) is 3.16. The van der Waals surface area contributed by atoms with Crippen LogP contribution in [0.2, 0.25) is 0 Å². The first-order valence-electron chi connectivity index (χ1n) is 9.06. The molecule has 0 aliphatic carbocycles. The minimum absolute atomic E-state index is 0.0959. The molecule has 1 amide bonds.